The number of aromatic nitrogens is 1. The molecule has 0 aliphatic heterocycles. The summed E-state index contributed by atoms with van der Waals surface area (Å²) in [6.45, 7) is 3.96. The molecule has 0 bridgehead atoms. The van der Waals surface area contributed by atoms with Crippen molar-refractivity contribution >= 4 is 58.7 Å². The minimum Gasteiger partial charge on any atom is -0.316 e. The van der Waals surface area contributed by atoms with Gasteiger partial charge in [0.2, 0.25) is 5.91 Å². The minimum atomic E-state index is -0.169. The molecule has 1 N–H and O–H groups in total. The van der Waals surface area contributed by atoms with Crippen LogP contribution in [-0.4, -0.2) is 22.4 Å². The van der Waals surface area contributed by atoms with Crippen molar-refractivity contribution in [3.63, 3.8) is 0 Å². The number of thioether (sulfide) groups is 1. The molecule has 0 aliphatic carbocycles. The van der Waals surface area contributed by atoms with Crippen molar-refractivity contribution in [2.24, 2.45) is 5.10 Å². The molecule has 0 fully saturated rings. The maximum Gasteiger partial charge on any atom is 0.250 e. The number of carbonyl (C=O) groups is 1. The van der Waals surface area contributed by atoms with E-state index in [1.807, 2.05) is 54.8 Å². The third-order valence-corrected chi connectivity index (χ3v) is 6.35. The summed E-state index contributed by atoms with van der Waals surface area (Å²) in [4.78, 5) is 12.0. The monoisotopic (exact) mass is 479 g/mol. The van der Waals surface area contributed by atoms with E-state index >= 15 is 0 Å². The topological polar surface area (TPSA) is 46.4 Å². The zero-order valence-corrected chi connectivity index (χ0v) is 19.5. The van der Waals surface area contributed by atoms with Crippen LogP contribution in [-0.2, 0) is 10.5 Å². The number of aryl methyl sites for hydroxylation is 1. The molecule has 3 rings (SSSR count). The smallest absolute Gasteiger partial charge is 0.250 e. The SMILES string of the molecule is Cc1cc(/C=N/NC(=O)CSCc2ccccc2Cl)c(C)n1-c1ccc(Cl)cc1Cl. The molecule has 0 saturated heterocycles. The fraction of sp³-hybridized carbons (Fsp3) is 0.182. The molecule has 2 aromatic carbocycles. The van der Waals surface area contributed by atoms with Crippen LogP contribution in [0.15, 0.2) is 53.6 Å². The van der Waals surface area contributed by atoms with E-state index in [0.29, 0.717) is 26.6 Å². The van der Waals surface area contributed by atoms with Gasteiger partial charge in [-0.05, 0) is 49.7 Å². The third kappa shape index (κ3) is 5.61. The molecular weight excluding hydrogens is 461 g/mol. The number of benzene rings is 2. The summed E-state index contributed by atoms with van der Waals surface area (Å²) in [6.07, 6.45) is 1.64. The molecule has 8 heteroatoms. The molecule has 3 aromatic rings. The van der Waals surface area contributed by atoms with Gasteiger partial charge in [-0.25, -0.2) is 5.43 Å². The van der Waals surface area contributed by atoms with Crippen molar-refractivity contribution in [1.82, 2.24) is 9.99 Å². The molecule has 156 valence electrons. The van der Waals surface area contributed by atoms with Crippen molar-refractivity contribution in [1.29, 1.82) is 0 Å². The molecule has 0 aliphatic rings. The quantitative estimate of drug-likeness (QED) is 0.312. The molecule has 1 aromatic heterocycles. The van der Waals surface area contributed by atoms with Crippen LogP contribution in [0.2, 0.25) is 15.1 Å². The molecule has 0 radical (unpaired) electrons. The summed E-state index contributed by atoms with van der Waals surface area (Å²) in [5, 5.41) is 5.96. The van der Waals surface area contributed by atoms with Gasteiger partial charge in [0.05, 0.1) is 22.7 Å². The van der Waals surface area contributed by atoms with Gasteiger partial charge >= 0.3 is 0 Å². The highest BCUT2D eigenvalue weighted by molar-refractivity contribution is 7.99. The van der Waals surface area contributed by atoms with E-state index in [0.717, 1.165) is 28.2 Å². The van der Waals surface area contributed by atoms with E-state index in [2.05, 4.69) is 10.5 Å². The molecular formula is C22H20Cl3N3OS. The summed E-state index contributed by atoms with van der Waals surface area (Å²) in [5.41, 5.74) is 7.27. The maximum absolute atomic E-state index is 12.0. The lowest BCUT2D eigenvalue weighted by molar-refractivity contribution is -0.118. The number of halogens is 3. The van der Waals surface area contributed by atoms with E-state index in [1.165, 1.54) is 11.8 Å². The van der Waals surface area contributed by atoms with Crippen molar-refractivity contribution in [2.75, 3.05) is 5.75 Å². The molecule has 1 heterocycles. The second-order valence-corrected chi connectivity index (χ2v) is 8.87. The molecule has 0 atom stereocenters. The summed E-state index contributed by atoms with van der Waals surface area (Å²) < 4.78 is 2.03. The molecule has 4 nitrogen and oxygen atoms in total. The summed E-state index contributed by atoms with van der Waals surface area (Å²) in [7, 11) is 0. The van der Waals surface area contributed by atoms with Crippen molar-refractivity contribution < 1.29 is 4.79 Å². The minimum absolute atomic E-state index is 0.169. The Morgan fingerprint density at radius 1 is 1.10 bits per heavy atom. The standard InChI is InChI=1S/C22H20Cl3N3OS/c1-14-9-17(15(2)28(14)21-8-7-18(23)10-20(21)25)11-26-27-22(29)13-30-12-16-5-3-4-6-19(16)24/h3-11H,12-13H2,1-2H3,(H,27,29)/b26-11+. The molecule has 0 unspecified atom stereocenters. The number of carbonyl (C=O) groups excluding carboxylic acids is 1. The van der Waals surface area contributed by atoms with Crippen LogP contribution >= 0.6 is 46.6 Å². The number of amides is 1. The number of hydrogen-bond acceptors (Lipinski definition) is 3. The average Bonchev–Trinajstić information content (AvgIpc) is 2.97. The van der Waals surface area contributed by atoms with Gasteiger partial charge in [-0.2, -0.15) is 5.10 Å². The van der Waals surface area contributed by atoms with Crippen LogP contribution < -0.4 is 5.43 Å². The lowest BCUT2D eigenvalue weighted by Crippen LogP contribution is -2.19. The first-order valence-electron chi connectivity index (χ1n) is 9.14. The Balaban J connectivity index is 1.60. The zero-order chi connectivity index (χ0) is 21.7. The summed E-state index contributed by atoms with van der Waals surface area (Å²) >= 11 is 20.0. The van der Waals surface area contributed by atoms with Crippen LogP contribution in [0.4, 0.5) is 0 Å². The third-order valence-electron chi connectivity index (χ3n) is 4.46. The number of hydrazone groups is 1. The van der Waals surface area contributed by atoms with Crippen LogP contribution in [0.25, 0.3) is 5.69 Å². The van der Waals surface area contributed by atoms with Crippen molar-refractivity contribution in [3.05, 3.63) is 86.1 Å². The predicted molar refractivity (Wildman–Crippen MR) is 129 cm³/mol. The number of hydrogen-bond donors (Lipinski definition) is 1. The molecule has 30 heavy (non-hydrogen) atoms. The van der Waals surface area contributed by atoms with Crippen molar-refractivity contribution in [2.45, 2.75) is 19.6 Å². The first-order chi connectivity index (χ1) is 14.4. The molecule has 0 spiro atoms. The Labute approximate surface area is 195 Å². The van der Waals surface area contributed by atoms with Gasteiger partial charge in [0.15, 0.2) is 0 Å². The van der Waals surface area contributed by atoms with E-state index in [-0.39, 0.29) is 5.91 Å². The van der Waals surface area contributed by atoms with E-state index < -0.39 is 0 Å². The fourth-order valence-electron chi connectivity index (χ4n) is 3.03. The van der Waals surface area contributed by atoms with Crippen LogP contribution in [0, 0.1) is 13.8 Å². The van der Waals surface area contributed by atoms with Gasteiger partial charge in [0.1, 0.15) is 0 Å². The zero-order valence-electron chi connectivity index (χ0n) is 16.5. The Hall–Kier alpha value is -1.92. The average molecular weight is 481 g/mol. The van der Waals surface area contributed by atoms with E-state index in [9.17, 15) is 4.79 Å². The molecule has 0 saturated carbocycles. The van der Waals surface area contributed by atoms with Gasteiger partial charge in [-0.1, -0.05) is 53.0 Å². The van der Waals surface area contributed by atoms with E-state index in [1.54, 1.807) is 18.3 Å². The summed E-state index contributed by atoms with van der Waals surface area (Å²) in [5.74, 6) is 0.791. The maximum atomic E-state index is 12.0. The Morgan fingerprint density at radius 2 is 1.87 bits per heavy atom. The van der Waals surface area contributed by atoms with Crippen LogP contribution in [0.1, 0.15) is 22.5 Å². The Bertz CT molecular complexity index is 1100. The van der Waals surface area contributed by atoms with Crippen LogP contribution in [0.3, 0.4) is 0 Å². The van der Waals surface area contributed by atoms with Crippen molar-refractivity contribution in [3.8, 4) is 5.69 Å². The summed E-state index contributed by atoms with van der Waals surface area (Å²) in [6, 6.07) is 15.0. The largest absolute Gasteiger partial charge is 0.316 e. The highest BCUT2D eigenvalue weighted by atomic mass is 35.5. The van der Waals surface area contributed by atoms with Gasteiger partial charge in [-0.15, -0.1) is 11.8 Å². The van der Waals surface area contributed by atoms with Gasteiger partial charge in [0, 0.05) is 32.7 Å². The highest BCUT2D eigenvalue weighted by Gasteiger charge is 2.12. The second kappa shape index (κ2) is 10.4. The normalized spacial score (nSPS) is 11.2. The van der Waals surface area contributed by atoms with E-state index in [4.69, 9.17) is 34.8 Å². The van der Waals surface area contributed by atoms with Gasteiger partial charge in [0.25, 0.3) is 0 Å². The fourth-order valence-corrected chi connectivity index (χ4v) is 4.63. The highest BCUT2D eigenvalue weighted by Crippen LogP contribution is 2.28. The Kier molecular flexibility index (Phi) is 7.89. The first-order valence-corrected chi connectivity index (χ1v) is 11.4. The van der Waals surface area contributed by atoms with Gasteiger partial charge < -0.3 is 4.57 Å². The molecule has 1 amide bonds. The second-order valence-electron chi connectivity index (χ2n) is 6.64. The number of nitrogens with zero attached hydrogens (tertiary/aromatic N) is 2. The first kappa shape index (κ1) is 22.8. The number of nitrogens with one attached hydrogen (secondary N) is 1. The lowest BCUT2D eigenvalue weighted by atomic mass is 10.2. The number of rotatable bonds is 7. The van der Waals surface area contributed by atoms with Crippen LogP contribution in [0.5, 0.6) is 0 Å². The van der Waals surface area contributed by atoms with Gasteiger partial charge in [-0.3, -0.25) is 4.79 Å². The lowest BCUT2D eigenvalue weighted by Gasteiger charge is -2.11. The Morgan fingerprint density at radius 3 is 2.60 bits per heavy atom. The predicted octanol–water partition coefficient (Wildman–Crippen LogP) is 6.44.